The summed E-state index contributed by atoms with van der Waals surface area (Å²) in [6, 6.07) is 9.83. The van der Waals surface area contributed by atoms with Crippen LogP contribution in [0, 0.1) is 11.8 Å². The average Bonchev–Trinajstić information content (AvgIpc) is 2.99. The number of pyridine rings is 1. The van der Waals surface area contributed by atoms with Crippen molar-refractivity contribution in [2.75, 3.05) is 0 Å². The van der Waals surface area contributed by atoms with E-state index in [9.17, 15) is 0 Å². The molecule has 0 saturated heterocycles. The number of hydrogen-bond donors (Lipinski definition) is 2. The molecule has 1 aromatic carbocycles. The number of hydrogen-bond acceptors (Lipinski definition) is 4. The van der Waals surface area contributed by atoms with Gasteiger partial charge in [-0.25, -0.2) is 0 Å². The van der Waals surface area contributed by atoms with Crippen LogP contribution in [0.5, 0.6) is 0 Å². The largest absolute Gasteiger partial charge is 0.392 e. The molecule has 2 heterocycles. The summed E-state index contributed by atoms with van der Waals surface area (Å²) in [5.41, 5.74) is 4.83. The van der Waals surface area contributed by atoms with Crippen LogP contribution in [-0.2, 0) is 6.61 Å². The number of rotatable bonds is 2. The fraction of sp³-hybridized carbons (Fsp3) is 0.167. The number of aliphatic hydroxyl groups is 1. The Kier molecular flexibility index (Phi) is 4.47. The molecule has 110 valence electrons. The van der Waals surface area contributed by atoms with E-state index in [1.54, 1.807) is 18.0 Å². The summed E-state index contributed by atoms with van der Waals surface area (Å²) in [5, 5.41) is 14.8. The third kappa shape index (κ3) is 3.51. The normalized spacial score (nSPS) is 16.5. The Morgan fingerprint density at radius 3 is 2.68 bits per heavy atom. The molecule has 1 aliphatic rings. The van der Waals surface area contributed by atoms with Crippen molar-refractivity contribution in [3.63, 3.8) is 0 Å². The number of nitrogens with one attached hydrogen (secondary N) is 1. The van der Waals surface area contributed by atoms with Crippen molar-refractivity contribution in [2.45, 2.75) is 18.9 Å². The van der Waals surface area contributed by atoms with Crippen LogP contribution >= 0.6 is 11.8 Å². The van der Waals surface area contributed by atoms with Crippen LogP contribution in [0.25, 0.3) is 11.1 Å². The Morgan fingerprint density at radius 2 is 2.00 bits per heavy atom. The molecule has 0 saturated carbocycles. The molecule has 0 fully saturated rings. The Morgan fingerprint density at radius 1 is 1.18 bits per heavy atom. The molecule has 0 bridgehead atoms. The third-order valence-corrected chi connectivity index (χ3v) is 4.20. The smallest absolute Gasteiger partial charge is 0.0930 e. The second-order valence-corrected chi connectivity index (χ2v) is 6.24. The first kappa shape index (κ1) is 14.7. The lowest BCUT2D eigenvalue weighted by Gasteiger charge is -2.03. The van der Waals surface area contributed by atoms with Gasteiger partial charge in [0.05, 0.1) is 17.7 Å². The first-order valence-electron chi connectivity index (χ1n) is 7.04. The van der Waals surface area contributed by atoms with Crippen LogP contribution in [0.1, 0.15) is 18.1 Å². The van der Waals surface area contributed by atoms with Gasteiger partial charge in [0.1, 0.15) is 0 Å². The number of benzene rings is 1. The lowest BCUT2D eigenvalue weighted by molar-refractivity contribution is 0.282. The quantitative estimate of drug-likeness (QED) is 0.837. The summed E-state index contributed by atoms with van der Waals surface area (Å²) >= 11 is 1.73. The van der Waals surface area contributed by atoms with Gasteiger partial charge in [-0.3, -0.25) is 4.98 Å². The Hall–Kier alpha value is -2.22. The minimum absolute atomic E-state index is 0.0581. The van der Waals surface area contributed by atoms with Crippen molar-refractivity contribution in [3.8, 4) is 23.0 Å². The van der Waals surface area contributed by atoms with E-state index >= 15 is 0 Å². The van der Waals surface area contributed by atoms with Crippen molar-refractivity contribution in [1.29, 1.82) is 0 Å². The molecular weight excluding hydrogens is 292 g/mol. The highest BCUT2D eigenvalue weighted by Gasteiger charge is 2.08. The third-order valence-electron chi connectivity index (χ3n) is 3.30. The maximum Gasteiger partial charge on any atom is 0.0930 e. The number of allylic oxidation sites excluding steroid dienone is 1. The summed E-state index contributed by atoms with van der Waals surface area (Å²) in [4.78, 5) is 4.27. The summed E-state index contributed by atoms with van der Waals surface area (Å²) in [6.45, 7) is 2.16. The minimum atomic E-state index is 0.0581. The second kappa shape index (κ2) is 6.69. The van der Waals surface area contributed by atoms with Crippen LogP contribution in [0.15, 0.2) is 53.8 Å². The Bertz CT molecular complexity index is 757. The van der Waals surface area contributed by atoms with Crippen LogP contribution in [0.2, 0.25) is 0 Å². The predicted molar refractivity (Wildman–Crippen MR) is 90.7 cm³/mol. The van der Waals surface area contributed by atoms with Gasteiger partial charge in [0.15, 0.2) is 0 Å². The molecule has 1 aromatic heterocycles. The van der Waals surface area contributed by atoms with Crippen molar-refractivity contribution < 1.29 is 5.11 Å². The van der Waals surface area contributed by atoms with Gasteiger partial charge < -0.3 is 10.4 Å². The highest BCUT2D eigenvalue weighted by Crippen LogP contribution is 2.21. The van der Waals surface area contributed by atoms with Gasteiger partial charge in [-0.15, -0.1) is 11.8 Å². The van der Waals surface area contributed by atoms with Crippen LogP contribution in [-0.4, -0.2) is 15.5 Å². The van der Waals surface area contributed by atoms with Gasteiger partial charge in [0.25, 0.3) is 0 Å². The number of aromatic nitrogens is 1. The van der Waals surface area contributed by atoms with Gasteiger partial charge in [-0.2, -0.15) is 0 Å². The van der Waals surface area contributed by atoms with Gasteiger partial charge in [0.2, 0.25) is 0 Å². The predicted octanol–water partition coefficient (Wildman–Crippen LogP) is 3.12. The maximum atomic E-state index is 9.09. The van der Waals surface area contributed by atoms with E-state index in [4.69, 9.17) is 5.11 Å². The molecule has 0 spiro atoms. The number of aliphatic hydroxyl groups excluding tert-OH is 1. The van der Waals surface area contributed by atoms with Gasteiger partial charge in [-0.05, 0) is 30.0 Å². The monoisotopic (exact) mass is 308 g/mol. The maximum absolute atomic E-state index is 9.09. The fourth-order valence-electron chi connectivity index (χ4n) is 2.13. The average molecular weight is 308 g/mol. The Balaban J connectivity index is 1.82. The summed E-state index contributed by atoms with van der Waals surface area (Å²) in [6.07, 6.45) is 3.59. The molecule has 1 unspecified atom stereocenters. The first-order valence-corrected chi connectivity index (χ1v) is 7.98. The first-order chi connectivity index (χ1) is 10.7. The van der Waals surface area contributed by atoms with Crippen LogP contribution in [0.4, 0.5) is 0 Å². The molecular formula is C18H16N2OS. The van der Waals surface area contributed by atoms with Crippen molar-refractivity contribution in [2.24, 2.45) is 0 Å². The van der Waals surface area contributed by atoms with E-state index in [0.29, 0.717) is 5.37 Å². The summed E-state index contributed by atoms with van der Waals surface area (Å²) < 4.78 is 0. The lowest BCUT2D eigenvalue weighted by atomic mass is 10.0. The van der Waals surface area contributed by atoms with Crippen molar-refractivity contribution >= 4 is 11.8 Å². The van der Waals surface area contributed by atoms with Gasteiger partial charge in [-0.1, -0.05) is 30.2 Å². The summed E-state index contributed by atoms with van der Waals surface area (Å²) in [5.74, 6) is 6.27. The van der Waals surface area contributed by atoms with E-state index in [0.717, 1.165) is 28.0 Å². The van der Waals surface area contributed by atoms with E-state index in [-0.39, 0.29) is 6.61 Å². The number of nitrogens with zero attached hydrogens (tertiary/aromatic N) is 1. The van der Waals surface area contributed by atoms with Crippen LogP contribution in [0.3, 0.4) is 0 Å². The molecule has 0 radical (unpaired) electrons. The number of thioether (sulfide) groups is 1. The topological polar surface area (TPSA) is 45.2 Å². The molecule has 0 aliphatic carbocycles. The molecule has 4 heteroatoms. The van der Waals surface area contributed by atoms with E-state index < -0.39 is 0 Å². The molecule has 2 aromatic rings. The van der Waals surface area contributed by atoms with E-state index in [2.05, 4.69) is 29.1 Å². The minimum Gasteiger partial charge on any atom is -0.392 e. The van der Waals surface area contributed by atoms with Crippen molar-refractivity contribution in [1.82, 2.24) is 10.3 Å². The zero-order valence-electron chi connectivity index (χ0n) is 12.2. The van der Waals surface area contributed by atoms with Gasteiger partial charge in [0, 0.05) is 28.9 Å². The molecule has 1 atom stereocenters. The standard InChI is InChI=1S/C18H16N2OS/c1-13-20-18(12-22-13)7-4-15-8-17(10-19-9-15)16-5-2-14(11-21)3-6-16/h2-3,5-6,8-10,12-13,20-21H,11H2,1H3. The fourth-order valence-corrected chi connectivity index (χ4v) is 2.79. The van der Waals surface area contributed by atoms with Crippen molar-refractivity contribution in [3.05, 3.63) is 65.0 Å². The van der Waals surface area contributed by atoms with Gasteiger partial charge >= 0.3 is 0 Å². The van der Waals surface area contributed by atoms with Crippen LogP contribution < -0.4 is 5.32 Å². The molecule has 3 nitrogen and oxygen atoms in total. The van der Waals surface area contributed by atoms with E-state index in [1.165, 1.54) is 0 Å². The lowest BCUT2D eigenvalue weighted by Crippen LogP contribution is -2.15. The zero-order chi connectivity index (χ0) is 15.4. The molecule has 3 rings (SSSR count). The molecule has 22 heavy (non-hydrogen) atoms. The molecule has 1 aliphatic heterocycles. The highest BCUT2D eigenvalue weighted by atomic mass is 32.2. The Labute approximate surface area is 134 Å². The molecule has 2 N–H and O–H groups in total. The zero-order valence-corrected chi connectivity index (χ0v) is 13.0. The molecule has 0 amide bonds. The second-order valence-electron chi connectivity index (χ2n) is 5.02. The van der Waals surface area contributed by atoms with E-state index in [1.807, 2.05) is 41.9 Å². The SMILES string of the molecule is CC1NC(C#Cc2cncc(-c3ccc(CO)cc3)c2)=CS1. The highest BCUT2D eigenvalue weighted by molar-refractivity contribution is 8.02. The summed E-state index contributed by atoms with van der Waals surface area (Å²) in [7, 11) is 0.